The molecule has 0 radical (unpaired) electrons. The molecule has 2 fully saturated rings. The number of nitrogens with zero attached hydrogens (tertiary/aromatic N) is 3. The van der Waals surface area contributed by atoms with Gasteiger partial charge in [0.1, 0.15) is 11.9 Å². The molecule has 40 heavy (non-hydrogen) atoms. The number of fused-ring (bicyclic) bond motifs is 5. The maximum absolute atomic E-state index is 13.8. The van der Waals surface area contributed by atoms with E-state index in [0.717, 1.165) is 64.4 Å². The molecule has 1 aromatic heterocycles. The lowest BCUT2D eigenvalue weighted by Crippen LogP contribution is -2.39. The van der Waals surface area contributed by atoms with Gasteiger partial charge in [0.05, 0.1) is 29.2 Å². The zero-order valence-electron chi connectivity index (χ0n) is 22.6. The van der Waals surface area contributed by atoms with Crippen molar-refractivity contribution in [2.24, 2.45) is 5.92 Å². The van der Waals surface area contributed by atoms with E-state index in [1.54, 1.807) is 0 Å². The van der Waals surface area contributed by atoms with Crippen LogP contribution >= 0.6 is 0 Å². The van der Waals surface area contributed by atoms with Crippen molar-refractivity contribution in [1.82, 2.24) is 9.55 Å². The first-order chi connectivity index (χ1) is 19.6. The number of piperidine rings is 1. The largest absolute Gasteiger partial charge is 0.466 e. The Morgan fingerprint density at radius 2 is 1.93 bits per heavy atom. The van der Waals surface area contributed by atoms with Gasteiger partial charge >= 0.3 is 5.97 Å². The second-order valence-electron chi connectivity index (χ2n) is 11.0. The van der Waals surface area contributed by atoms with E-state index in [1.165, 1.54) is 12.8 Å². The van der Waals surface area contributed by atoms with Crippen LogP contribution in [-0.2, 0) is 14.3 Å². The van der Waals surface area contributed by atoms with E-state index >= 15 is 0 Å². The van der Waals surface area contributed by atoms with E-state index in [4.69, 9.17) is 9.72 Å². The Hall–Kier alpha value is -4.33. The van der Waals surface area contributed by atoms with Crippen molar-refractivity contribution >= 4 is 40.0 Å². The van der Waals surface area contributed by atoms with Crippen LogP contribution in [-0.4, -0.2) is 47.2 Å². The van der Waals surface area contributed by atoms with Gasteiger partial charge in [0.25, 0.3) is 5.91 Å². The summed E-state index contributed by atoms with van der Waals surface area (Å²) in [5, 5.41) is 6.76. The molecule has 3 aromatic carbocycles. The molecule has 3 heterocycles. The molecule has 1 saturated carbocycles. The topological polar surface area (TPSA) is 88.5 Å². The number of rotatable bonds is 6. The van der Waals surface area contributed by atoms with Crippen LogP contribution in [0.2, 0.25) is 0 Å². The molecule has 4 aromatic rings. The van der Waals surface area contributed by atoms with Gasteiger partial charge in [0, 0.05) is 36.1 Å². The number of imidazole rings is 1. The van der Waals surface area contributed by atoms with Gasteiger partial charge in [-0.15, -0.1) is 0 Å². The molecular weight excluding hydrogens is 502 g/mol. The highest BCUT2D eigenvalue weighted by atomic mass is 16.5. The first-order valence-corrected chi connectivity index (χ1v) is 14.3. The van der Waals surface area contributed by atoms with Crippen LogP contribution in [0.5, 0.6) is 0 Å². The Bertz CT molecular complexity index is 1590. The molecule has 0 bridgehead atoms. The van der Waals surface area contributed by atoms with E-state index in [2.05, 4.69) is 44.4 Å². The van der Waals surface area contributed by atoms with Crippen molar-refractivity contribution in [3.8, 4) is 11.4 Å². The van der Waals surface area contributed by atoms with Gasteiger partial charge in [-0.05, 0) is 74.6 Å². The summed E-state index contributed by atoms with van der Waals surface area (Å²) >= 11 is 0. The van der Waals surface area contributed by atoms with Crippen molar-refractivity contribution in [3.05, 3.63) is 72.3 Å². The quantitative estimate of drug-likeness (QED) is 0.313. The maximum Gasteiger partial charge on any atom is 0.310 e. The van der Waals surface area contributed by atoms with Crippen LogP contribution in [0, 0.1) is 5.92 Å². The molecule has 2 aliphatic heterocycles. The smallest absolute Gasteiger partial charge is 0.310 e. The highest BCUT2D eigenvalue weighted by Crippen LogP contribution is 2.41. The predicted octanol–water partition coefficient (Wildman–Crippen LogP) is 5.60. The van der Waals surface area contributed by atoms with Crippen LogP contribution in [0.4, 0.5) is 17.1 Å². The molecule has 7 rings (SSSR count). The summed E-state index contributed by atoms with van der Waals surface area (Å²) in [6, 6.07) is 22.2. The lowest BCUT2D eigenvalue weighted by Gasteiger charge is -2.33. The number of carbonyl (C=O) groups is 2. The molecule has 2 N–H and O–H groups in total. The molecule has 1 saturated heterocycles. The van der Waals surface area contributed by atoms with Crippen LogP contribution in [0.15, 0.2) is 66.7 Å². The van der Waals surface area contributed by atoms with Crippen LogP contribution < -0.4 is 15.5 Å². The van der Waals surface area contributed by atoms with E-state index in [9.17, 15) is 9.59 Å². The van der Waals surface area contributed by atoms with Gasteiger partial charge < -0.3 is 24.8 Å². The van der Waals surface area contributed by atoms with Crippen molar-refractivity contribution in [3.63, 3.8) is 0 Å². The van der Waals surface area contributed by atoms with Crippen molar-refractivity contribution in [2.45, 2.75) is 44.7 Å². The van der Waals surface area contributed by atoms with Crippen LogP contribution in [0.1, 0.15) is 44.2 Å². The first-order valence-electron chi connectivity index (χ1n) is 14.3. The Morgan fingerprint density at radius 1 is 1.07 bits per heavy atom. The van der Waals surface area contributed by atoms with Gasteiger partial charge in [-0.3, -0.25) is 9.59 Å². The molecule has 204 valence electrons. The molecule has 2 atom stereocenters. The third-order valence-corrected chi connectivity index (χ3v) is 8.17. The molecule has 2 unspecified atom stereocenters. The molecule has 8 heteroatoms. The Balaban J connectivity index is 1.34. The second-order valence-corrected chi connectivity index (χ2v) is 11.0. The maximum atomic E-state index is 13.8. The van der Waals surface area contributed by atoms with E-state index in [-0.39, 0.29) is 17.8 Å². The van der Waals surface area contributed by atoms with Gasteiger partial charge in [0.2, 0.25) is 0 Å². The number of esters is 1. The zero-order chi connectivity index (χ0) is 27.2. The molecule has 0 spiro atoms. The summed E-state index contributed by atoms with van der Waals surface area (Å²) in [4.78, 5) is 33.7. The second kappa shape index (κ2) is 10.0. The Kier molecular flexibility index (Phi) is 6.18. The summed E-state index contributed by atoms with van der Waals surface area (Å²) in [6.07, 6.45) is 4.14. The summed E-state index contributed by atoms with van der Waals surface area (Å²) in [5.74, 6) is 0.423. The minimum Gasteiger partial charge on any atom is -0.466 e. The standard InChI is InChI=1S/C32H33N5O3/c1-2-40-32(39)21-9-6-16-36(19-21)24-13-15-28-27(18-24)34-30-25-17-23(33-22-10-11-22)12-14-26(25)35-31(38)29(37(28)30)20-7-4-3-5-8-20/h3-5,7-8,12-15,17-18,21-22,29,33H,2,6,9-11,16,19H2,1H3,(H,35,38). The number of hydrogen-bond donors (Lipinski definition) is 2. The minimum atomic E-state index is -0.567. The average Bonchev–Trinajstić information content (AvgIpc) is 3.74. The summed E-state index contributed by atoms with van der Waals surface area (Å²) in [6.45, 7) is 3.76. The minimum absolute atomic E-state index is 0.0919. The molecule has 1 amide bonds. The Morgan fingerprint density at radius 3 is 2.73 bits per heavy atom. The highest BCUT2D eigenvalue weighted by molar-refractivity contribution is 6.03. The van der Waals surface area contributed by atoms with Crippen LogP contribution in [0.25, 0.3) is 22.4 Å². The Labute approximate surface area is 233 Å². The number of anilines is 3. The lowest BCUT2D eigenvalue weighted by atomic mass is 9.97. The number of carbonyl (C=O) groups excluding carboxylic acids is 2. The SMILES string of the molecule is CCOC(=O)C1CCCN(c2ccc3c(c2)nc2n3C(c3ccccc3)C(=O)Nc3ccc(NC4CC4)cc3-2)C1. The number of hydrogen-bond acceptors (Lipinski definition) is 6. The third kappa shape index (κ3) is 4.47. The third-order valence-electron chi connectivity index (χ3n) is 8.17. The van der Waals surface area contributed by atoms with Crippen LogP contribution in [0.3, 0.4) is 0 Å². The zero-order valence-corrected chi connectivity index (χ0v) is 22.6. The van der Waals surface area contributed by atoms with Crippen molar-refractivity contribution in [1.29, 1.82) is 0 Å². The van der Waals surface area contributed by atoms with Gasteiger partial charge in [-0.2, -0.15) is 0 Å². The molecule has 8 nitrogen and oxygen atoms in total. The number of nitrogens with one attached hydrogen (secondary N) is 2. The summed E-state index contributed by atoms with van der Waals surface area (Å²) < 4.78 is 7.39. The van der Waals surface area contributed by atoms with Gasteiger partial charge in [-0.1, -0.05) is 30.3 Å². The fourth-order valence-electron chi connectivity index (χ4n) is 6.04. The monoisotopic (exact) mass is 535 g/mol. The summed E-state index contributed by atoms with van der Waals surface area (Å²) in [5.41, 5.74) is 6.35. The fraction of sp³-hybridized carbons (Fsp3) is 0.344. The average molecular weight is 536 g/mol. The van der Waals surface area contributed by atoms with E-state index in [0.29, 0.717) is 19.2 Å². The van der Waals surface area contributed by atoms with Crippen molar-refractivity contribution in [2.75, 3.05) is 35.2 Å². The first kappa shape index (κ1) is 24.7. The lowest BCUT2D eigenvalue weighted by molar-refractivity contribution is -0.148. The number of aromatic nitrogens is 2. The predicted molar refractivity (Wildman–Crippen MR) is 157 cm³/mol. The molecule has 1 aliphatic carbocycles. The number of amides is 1. The highest BCUT2D eigenvalue weighted by Gasteiger charge is 2.33. The number of ether oxygens (including phenoxy) is 1. The molecular formula is C32H33N5O3. The van der Waals surface area contributed by atoms with Gasteiger partial charge in [0.15, 0.2) is 0 Å². The van der Waals surface area contributed by atoms with Gasteiger partial charge in [-0.25, -0.2) is 4.98 Å². The number of benzene rings is 3. The van der Waals surface area contributed by atoms with Crippen molar-refractivity contribution < 1.29 is 14.3 Å². The molecule has 3 aliphatic rings. The van der Waals surface area contributed by atoms with E-state index < -0.39 is 6.04 Å². The summed E-state index contributed by atoms with van der Waals surface area (Å²) in [7, 11) is 0. The normalized spacial score (nSPS) is 20.3. The van der Waals surface area contributed by atoms with E-state index in [1.807, 2.05) is 49.4 Å². The fourth-order valence-corrected chi connectivity index (χ4v) is 6.04.